The quantitative estimate of drug-likeness (QED) is 0.521. The second kappa shape index (κ2) is 4.26. The number of anilines is 1. The highest BCUT2D eigenvalue weighted by molar-refractivity contribution is 5.83. The van der Waals surface area contributed by atoms with E-state index in [0.29, 0.717) is 5.69 Å². The van der Waals surface area contributed by atoms with E-state index in [1.54, 1.807) is 0 Å². The molecule has 76 valence electrons. The van der Waals surface area contributed by atoms with Crippen LogP contribution >= 0.6 is 0 Å². The Morgan fingerprint density at radius 1 is 1.57 bits per heavy atom. The van der Waals surface area contributed by atoms with Gasteiger partial charge in [-0.1, -0.05) is 0 Å². The van der Waals surface area contributed by atoms with Gasteiger partial charge in [0, 0.05) is 6.20 Å². The summed E-state index contributed by atoms with van der Waals surface area (Å²) in [5.74, 6) is -0.926. The zero-order chi connectivity index (χ0) is 10.6. The Morgan fingerprint density at radius 2 is 2.29 bits per heavy atom. The molecule has 0 spiro atoms. The molecule has 1 aromatic rings. The van der Waals surface area contributed by atoms with Crippen molar-refractivity contribution in [3.63, 3.8) is 0 Å². The van der Waals surface area contributed by atoms with Gasteiger partial charge in [0.2, 0.25) is 11.8 Å². The van der Waals surface area contributed by atoms with Crippen molar-refractivity contribution >= 4 is 17.5 Å². The number of primary amides is 1. The molecule has 0 radical (unpaired) electrons. The zero-order valence-electron chi connectivity index (χ0n) is 7.43. The van der Waals surface area contributed by atoms with Gasteiger partial charge in [-0.15, -0.1) is 0 Å². The largest absolute Gasteiger partial charge is 0.396 e. The third-order valence-corrected chi connectivity index (χ3v) is 1.42. The minimum absolute atomic E-state index is 0.0183. The van der Waals surface area contributed by atoms with Crippen molar-refractivity contribution in [3.8, 4) is 0 Å². The minimum atomic E-state index is -0.585. The average Bonchev–Trinajstić information content (AvgIpc) is 2.48. The number of hydrogen-bond acceptors (Lipinski definition) is 4. The monoisotopic (exact) mass is 197 g/mol. The van der Waals surface area contributed by atoms with E-state index in [9.17, 15) is 9.59 Å². The van der Waals surface area contributed by atoms with Gasteiger partial charge in [-0.3, -0.25) is 14.3 Å². The van der Waals surface area contributed by atoms with Crippen molar-refractivity contribution in [3.05, 3.63) is 12.4 Å². The van der Waals surface area contributed by atoms with Gasteiger partial charge < -0.3 is 16.8 Å². The highest BCUT2D eigenvalue weighted by Crippen LogP contribution is 1.96. The summed E-state index contributed by atoms with van der Waals surface area (Å²) in [5, 5.41) is 6.12. The number of nitrogens with two attached hydrogens (primary N) is 2. The predicted octanol–water partition coefficient (Wildman–Crippen LogP) is -1.93. The third-order valence-electron chi connectivity index (χ3n) is 1.42. The van der Waals surface area contributed by atoms with Crippen LogP contribution in [0.2, 0.25) is 0 Å². The average molecular weight is 197 g/mol. The fraction of sp³-hybridized carbons (Fsp3) is 0.286. The topological polar surface area (TPSA) is 116 Å². The number of nitrogens with one attached hydrogen (secondary N) is 1. The molecule has 14 heavy (non-hydrogen) atoms. The van der Waals surface area contributed by atoms with Gasteiger partial charge in [-0.25, -0.2) is 0 Å². The summed E-state index contributed by atoms with van der Waals surface area (Å²) in [6.45, 7) is -0.153. The van der Waals surface area contributed by atoms with Gasteiger partial charge in [-0.2, -0.15) is 5.10 Å². The summed E-state index contributed by atoms with van der Waals surface area (Å²) in [6.07, 6.45) is 2.95. The number of nitrogens with zero attached hydrogens (tertiary/aromatic N) is 2. The van der Waals surface area contributed by atoms with Crippen LogP contribution in [0.1, 0.15) is 0 Å². The summed E-state index contributed by atoms with van der Waals surface area (Å²) < 4.78 is 1.37. The highest BCUT2D eigenvalue weighted by Gasteiger charge is 2.04. The fourth-order valence-corrected chi connectivity index (χ4v) is 0.855. The van der Waals surface area contributed by atoms with Crippen LogP contribution < -0.4 is 16.8 Å². The smallest absolute Gasteiger partial charge is 0.242 e. The molecule has 1 aromatic heterocycles. The first-order valence-corrected chi connectivity index (χ1v) is 3.91. The Kier molecular flexibility index (Phi) is 3.05. The molecule has 0 aromatic carbocycles. The first kappa shape index (κ1) is 10.0. The number of nitrogen functional groups attached to an aromatic ring is 1. The summed E-state index contributed by atoms with van der Waals surface area (Å²) >= 11 is 0. The lowest BCUT2D eigenvalue weighted by Crippen LogP contribution is -2.35. The SMILES string of the molecule is NC(=O)CNC(=O)Cn1cc(N)cn1. The van der Waals surface area contributed by atoms with Gasteiger partial charge in [0.25, 0.3) is 0 Å². The van der Waals surface area contributed by atoms with Crippen LogP contribution in [-0.2, 0) is 16.1 Å². The van der Waals surface area contributed by atoms with E-state index in [2.05, 4.69) is 10.4 Å². The number of carbonyl (C=O) groups excluding carboxylic acids is 2. The number of carbonyl (C=O) groups is 2. The van der Waals surface area contributed by atoms with Crippen molar-refractivity contribution in [2.75, 3.05) is 12.3 Å². The number of aromatic nitrogens is 2. The summed E-state index contributed by atoms with van der Waals surface area (Å²) in [6, 6.07) is 0. The van der Waals surface area contributed by atoms with Crippen LogP contribution in [0.3, 0.4) is 0 Å². The lowest BCUT2D eigenvalue weighted by Gasteiger charge is -2.01. The van der Waals surface area contributed by atoms with Gasteiger partial charge >= 0.3 is 0 Å². The molecular weight excluding hydrogens is 186 g/mol. The number of rotatable bonds is 4. The zero-order valence-corrected chi connectivity index (χ0v) is 7.43. The third kappa shape index (κ3) is 3.13. The van der Waals surface area contributed by atoms with Crippen LogP contribution in [0.25, 0.3) is 0 Å². The van der Waals surface area contributed by atoms with E-state index in [-0.39, 0.29) is 19.0 Å². The molecule has 1 rings (SSSR count). The summed E-state index contributed by atoms with van der Waals surface area (Å²) in [7, 11) is 0. The summed E-state index contributed by atoms with van der Waals surface area (Å²) in [4.78, 5) is 21.4. The molecule has 0 bridgehead atoms. The maximum atomic E-state index is 11.1. The predicted molar refractivity (Wildman–Crippen MR) is 48.8 cm³/mol. The van der Waals surface area contributed by atoms with E-state index in [4.69, 9.17) is 11.5 Å². The van der Waals surface area contributed by atoms with Crippen LogP contribution in [0.5, 0.6) is 0 Å². The molecule has 7 heteroatoms. The normalized spacial score (nSPS) is 9.71. The molecule has 0 fully saturated rings. The number of amides is 2. The van der Waals surface area contributed by atoms with Gasteiger partial charge in [0.1, 0.15) is 6.54 Å². The van der Waals surface area contributed by atoms with Crippen molar-refractivity contribution in [1.82, 2.24) is 15.1 Å². The molecule has 0 aliphatic rings. The molecular formula is C7H11N5O2. The first-order valence-electron chi connectivity index (χ1n) is 3.91. The molecule has 7 nitrogen and oxygen atoms in total. The van der Waals surface area contributed by atoms with Crippen molar-refractivity contribution < 1.29 is 9.59 Å². The first-order chi connectivity index (χ1) is 6.58. The van der Waals surface area contributed by atoms with Crippen molar-refractivity contribution in [1.29, 1.82) is 0 Å². The number of hydrogen-bond donors (Lipinski definition) is 3. The summed E-state index contributed by atoms with van der Waals surface area (Å²) in [5.41, 5.74) is 10.7. The van der Waals surface area contributed by atoms with E-state index in [1.165, 1.54) is 17.1 Å². The van der Waals surface area contributed by atoms with Crippen LogP contribution in [0.4, 0.5) is 5.69 Å². The van der Waals surface area contributed by atoms with Crippen LogP contribution in [0, 0.1) is 0 Å². The lowest BCUT2D eigenvalue weighted by atomic mass is 10.5. The van der Waals surface area contributed by atoms with E-state index in [1.807, 2.05) is 0 Å². The molecule has 0 unspecified atom stereocenters. The van der Waals surface area contributed by atoms with E-state index < -0.39 is 5.91 Å². The Bertz CT molecular complexity index is 346. The Morgan fingerprint density at radius 3 is 2.79 bits per heavy atom. The molecule has 5 N–H and O–H groups in total. The standard InChI is InChI=1S/C7H11N5O2/c8-5-1-11-12(3-5)4-7(14)10-2-6(9)13/h1,3H,2,4,8H2,(H2,9,13)(H,10,14). The highest BCUT2D eigenvalue weighted by atomic mass is 16.2. The molecule has 1 heterocycles. The molecule has 0 atom stereocenters. The fourth-order valence-electron chi connectivity index (χ4n) is 0.855. The second-order valence-electron chi connectivity index (χ2n) is 2.71. The molecule has 0 saturated heterocycles. The van der Waals surface area contributed by atoms with Gasteiger partial charge in [0.05, 0.1) is 18.4 Å². The Labute approximate surface area is 80.1 Å². The van der Waals surface area contributed by atoms with E-state index >= 15 is 0 Å². The Hall–Kier alpha value is -2.05. The second-order valence-corrected chi connectivity index (χ2v) is 2.71. The van der Waals surface area contributed by atoms with Gasteiger partial charge in [0.15, 0.2) is 0 Å². The minimum Gasteiger partial charge on any atom is -0.396 e. The van der Waals surface area contributed by atoms with Gasteiger partial charge in [-0.05, 0) is 0 Å². The van der Waals surface area contributed by atoms with E-state index in [0.717, 1.165) is 0 Å². The Balaban J connectivity index is 2.37. The molecule has 0 aliphatic heterocycles. The molecule has 0 aliphatic carbocycles. The van der Waals surface area contributed by atoms with Crippen molar-refractivity contribution in [2.45, 2.75) is 6.54 Å². The maximum absolute atomic E-state index is 11.1. The molecule has 0 saturated carbocycles. The van der Waals surface area contributed by atoms with Crippen molar-refractivity contribution in [2.24, 2.45) is 5.73 Å². The lowest BCUT2D eigenvalue weighted by molar-refractivity contribution is -0.125. The van der Waals surface area contributed by atoms with Crippen LogP contribution in [0.15, 0.2) is 12.4 Å². The molecule has 2 amide bonds. The maximum Gasteiger partial charge on any atom is 0.242 e. The van der Waals surface area contributed by atoms with Crippen LogP contribution in [-0.4, -0.2) is 28.1 Å².